The number of rotatable bonds is 4. The topological polar surface area (TPSA) is 46.2 Å². The Morgan fingerprint density at radius 2 is 1.15 bits per heavy atom. The molecule has 0 saturated heterocycles. The summed E-state index contributed by atoms with van der Waals surface area (Å²) >= 11 is 0. The average molecular weight is 464 g/mol. The summed E-state index contributed by atoms with van der Waals surface area (Å²) in [5, 5.41) is 4.00. The van der Waals surface area contributed by atoms with Gasteiger partial charge in [0, 0.05) is 16.5 Å². The molecule has 0 saturated carbocycles. The molecule has 0 bridgehead atoms. The zero-order valence-electron chi connectivity index (χ0n) is 22.6. The van der Waals surface area contributed by atoms with Crippen LogP contribution in [0.5, 0.6) is 0 Å². The molecular formula is C31H45NO2. The maximum Gasteiger partial charge on any atom is 0.258 e. The van der Waals surface area contributed by atoms with Crippen LogP contribution in [0.15, 0.2) is 66.7 Å². The highest BCUT2D eigenvalue weighted by atomic mass is 16.2. The number of carbonyl (C=O) groups excluding carboxylic acids is 2. The largest absolute Gasteiger partial charge is 0.288 e. The SMILES string of the molecule is CC.CC.CCC(C)c1ccccc1.CCCCC.O=C1NC(=O)c2cccc3cccc1c23. The van der Waals surface area contributed by atoms with Crippen LogP contribution in [0.25, 0.3) is 10.8 Å². The molecule has 3 nitrogen and oxygen atoms in total. The molecule has 2 amide bonds. The highest BCUT2D eigenvalue weighted by molar-refractivity contribution is 6.25. The summed E-state index contributed by atoms with van der Waals surface area (Å²) in [5.74, 6) is 0.0785. The zero-order valence-corrected chi connectivity index (χ0v) is 22.6. The smallest absolute Gasteiger partial charge is 0.258 e. The quantitative estimate of drug-likeness (QED) is 0.392. The predicted molar refractivity (Wildman–Crippen MR) is 149 cm³/mol. The minimum absolute atomic E-state index is 0.315. The lowest BCUT2D eigenvalue weighted by Crippen LogP contribution is -2.34. The maximum atomic E-state index is 11.6. The molecule has 34 heavy (non-hydrogen) atoms. The van der Waals surface area contributed by atoms with Gasteiger partial charge in [0.15, 0.2) is 0 Å². The number of imide groups is 1. The molecule has 0 radical (unpaired) electrons. The monoisotopic (exact) mass is 463 g/mol. The molecule has 3 heteroatoms. The maximum absolute atomic E-state index is 11.6. The first-order valence-electron chi connectivity index (χ1n) is 13.0. The van der Waals surface area contributed by atoms with Crippen molar-refractivity contribution < 1.29 is 9.59 Å². The zero-order chi connectivity index (χ0) is 25.9. The lowest BCUT2D eigenvalue weighted by atomic mass is 9.95. The van der Waals surface area contributed by atoms with E-state index in [1.165, 1.54) is 31.2 Å². The highest BCUT2D eigenvalue weighted by Crippen LogP contribution is 2.25. The highest BCUT2D eigenvalue weighted by Gasteiger charge is 2.23. The molecule has 0 aromatic heterocycles. The van der Waals surface area contributed by atoms with Crippen LogP contribution in [0.3, 0.4) is 0 Å². The summed E-state index contributed by atoms with van der Waals surface area (Å²) in [6.45, 7) is 16.9. The van der Waals surface area contributed by atoms with Crippen LogP contribution in [0.1, 0.15) is 113 Å². The van der Waals surface area contributed by atoms with Crippen molar-refractivity contribution in [2.24, 2.45) is 0 Å². The summed E-state index contributed by atoms with van der Waals surface area (Å²) < 4.78 is 0. The summed E-state index contributed by atoms with van der Waals surface area (Å²) in [6, 6.07) is 21.5. The Hall–Kier alpha value is -2.94. The van der Waals surface area contributed by atoms with Crippen LogP contribution in [0, 0.1) is 0 Å². The van der Waals surface area contributed by atoms with Crippen LogP contribution in [-0.4, -0.2) is 11.8 Å². The van der Waals surface area contributed by atoms with Crippen molar-refractivity contribution in [1.82, 2.24) is 5.32 Å². The van der Waals surface area contributed by atoms with Crippen LogP contribution >= 0.6 is 0 Å². The number of unbranched alkanes of at least 4 members (excludes halogenated alkanes) is 2. The first-order valence-corrected chi connectivity index (χ1v) is 13.0. The lowest BCUT2D eigenvalue weighted by molar-refractivity contribution is 0.0845. The van der Waals surface area contributed by atoms with Crippen LogP contribution < -0.4 is 5.32 Å². The Balaban J connectivity index is 0.000000499. The number of amides is 2. The predicted octanol–water partition coefficient (Wildman–Crippen LogP) is 9.17. The van der Waals surface area contributed by atoms with E-state index >= 15 is 0 Å². The molecule has 1 aliphatic heterocycles. The van der Waals surface area contributed by atoms with Gasteiger partial charge in [0.1, 0.15) is 0 Å². The van der Waals surface area contributed by atoms with Gasteiger partial charge in [0.25, 0.3) is 11.8 Å². The third-order valence-corrected chi connectivity index (χ3v) is 5.31. The van der Waals surface area contributed by atoms with E-state index < -0.39 is 0 Å². The van der Waals surface area contributed by atoms with Gasteiger partial charge in [-0.1, -0.05) is 129 Å². The first kappa shape index (κ1) is 31.1. The molecule has 3 aromatic carbocycles. The van der Waals surface area contributed by atoms with Crippen molar-refractivity contribution in [3.8, 4) is 0 Å². The fourth-order valence-corrected chi connectivity index (χ4v) is 3.33. The molecule has 1 N–H and O–H groups in total. The van der Waals surface area contributed by atoms with E-state index in [1.807, 2.05) is 52.0 Å². The Labute approximate surface area is 208 Å². The van der Waals surface area contributed by atoms with Crippen molar-refractivity contribution in [2.75, 3.05) is 0 Å². The van der Waals surface area contributed by atoms with Gasteiger partial charge in [-0.25, -0.2) is 0 Å². The number of hydrogen-bond acceptors (Lipinski definition) is 2. The Morgan fingerprint density at radius 1 is 0.676 bits per heavy atom. The van der Waals surface area contributed by atoms with Gasteiger partial charge in [0.2, 0.25) is 0 Å². The molecule has 1 aliphatic rings. The molecular weight excluding hydrogens is 418 g/mol. The van der Waals surface area contributed by atoms with Crippen molar-refractivity contribution >= 4 is 22.6 Å². The molecule has 1 unspecified atom stereocenters. The van der Waals surface area contributed by atoms with E-state index in [0.717, 1.165) is 10.8 Å². The van der Waals surface area contributed by atoms with E-state index in [0.29, 0.717) is 17.0 Å². The van der Waals surface area contributed by atoms with Crippen LogP contribution in [0.2, 0.25) is 0 Å². The number of nitrogens with one attached hydrogen (secondary N) is 1. The Bertz CT molecular complexity index is 913. The average Bonchev–Trinajstić information content (AvgIpc) is 2.91. The molecule has 1 heterocycles. The lowest BCUT2D eigenvalue weighted by Gasteiger charge is -2.15. The second-order valence-corrected chi connectivity index (χ2v) is 7.57. The van der Waals surface area contributed by atoms with E-state index in [1.54, 1.807) is 12.1 Å². The van der Waals surface area contributed by atoms with Crippen molar-refractivity contribution in [3.63, 3.8) is 0 Å². The minimum Gasteiger partial charge on any atom is -0.288 e. The molecule has 3 aromatic rings. The molecule has 1 atom stereocenters. The van der Waals surface area contributed by atoms with E-state index in [4.69, 9.17) is 0 Å². The van der Waals surface area contributed by atoms with E-state index in [9.17, 15) is 9.59 Å². The van der Waals surface area contributed by atoms with Gasteiger partial charge in [-0.15, -0.1) is 0 Å². The van der Waals surface area contributed by atoms with E-state index in [-0.39, 0.29) is 11.8 Å². The van der Waals surface area contributed by atoms with Gasteiger partial charge in [0.05, 0.1) is 0 Å². The van der Waals surface area contributed by atoms with E-state index in [2.05, 4.69) is 63.3 Å². The Morgan fingerprint density at radius 3 is 1.53 bits per heavy atom. The molecule has 0 fully saturated rings. The third-order valence-electron chi connectivity index (χ3n) is 5.31. The van der Waals surface area contributed by atoms with Crippen LogP contribution in [-0.2, 0) is 0 Å². The fourth-order valence-electron chi connectivity index (χ4n) is 3.33. The summed E-state index contributed by atoms with van der Waals surface area (Å²) in [7, 11) is 0. The fraction of sp³-hybridized carbons (Fsp3) is 0.419. The van der Waals surface area contributed by atoms with Crippen molar-refractivity contribution in [3.05, 3.63) is 83.4 Å². The van der Waals surface area contributed by atoms with Crippen molar-refractivity contribution in [2.45, 2.75) is 87.0 Å². The summed E-state index contributed by atoms with van der Waals surface area (Å²) in [5.41, 5.74) is 2.59. The van der Waals surface area contributed by atoms with Gasteiger partial charge in [-0.05, 0) is 35.4 Å². The normalized spacial score (nSPS) is 11.6. The van der Waals surface area contributed by atoms with Gasteiger partial charge in [-0.2, -0.15) is 0 Å². The minimum atomic E-state index is -0.315. The second kappa shape index (κ2) is 18.5. The number of benzene rings is 3. The Kier molecular flexibility index (Phi) is 16.9. The molecule has 186 valence electrons. The summed E-state index contributed by atoms with van der Waals surface area (Å²) in [6.07, 6.45) is 5.30. The number of carbonyl (C=O) groups is 2. The van der Waals surface area contributed by atoms with Gasteiger partial charge < -0.3 is 0 Å². The third kappa shape index (κ3) is 9.51. The second-order valence-electron chi connectivity index (χ2n) is 7.57. The molecule has 0 spiro atoms. The van der Waals surface area contributed by atoms with Crippen molar-refractivity contribution in [1.29, 1.82) is 0 Å². The molecule has 0 aliphatic carbocycles. The first-order chi connectivity index (χ1) is 16.5. The number of hydrogen-bond donors (Lipinski definition) is 1. The summed E-state index contributed by atoms with van der Waals surface area (Å²) in [4.78, 5) is 23.1. The molecule has 4 rings (SSSR count). The van der Waals surface area contributed by atoms with Gasteiger partial charge >= 0.3 is 0 Å². The standard InChI is InChI=1S/C12H7NO2.C10H14.C5H12.2C2H6/c14-11-8-5-1-3-7-4-2-6-9(10(7)8)12(15)13-11;1-3-9(2)10-7-5-4-6-8-10;1-3-5-4-2;2*1-2/h1-6H,(H,13,14,15);4-9H,3H2,1-2H3;3-5H2,1-2H3;2*1-2H3. The van der Waals surface area contributed by atoms with Gasteiger partial charge in [-0.3, -0.25) is 14.9 Å². The van der Waals surface area contributed by atoms with Crippen LogP contribution in [0.4, 0.5) is 0 Å².